The molecule has 0 bridgehead atoms. The number of imidazole rings is 1. The van der Waals surface area contributed by atoms with Gasteiger partial charge in [-0.15, -0.1) is 0 Å². The van der Waals surface area contributed by atoms with Crippen LogP contribution in [0.4, 0.5) is 10.2 Å². The monoisotopic (exact) mass is 407 g/mol. The normalized spacial score (nSPS) is 15.2. The van der Waals surface area contributed by atoms with Gasteiger partial charge in [-0.2, -0.15) is 0 Å². The number of carbonyl (C=O) groups excluding carboxylic acids is 1. The SMILES string of the molecule is O=C(NCCc1c[nH]c2ccc(F)cc12)C1CCN(c2ncnc3nc[nH]c23)CC1. The first-order valence-electron chi connectivity index (χ1n) is 10.1. The molecule has 0 unspecified atom stereocenters. The van der Waals surface area contributed by atoms with E-state index < -0.39 is 0 Å². The molecule has 4 heterocycles. The van der Waals surface area contributed by atoms with Crippen molar-refractivity contribution in [3.8, 4) is 0 Å². The van der Waals surface area contributed by atoms with Gasteiger partial charge in [-0.05, 0) is 43.0 Å². The van der Waals surface area contributed by atoms with Gasteiger partial charge in [0.25, 0.3) is 0 Å². The van der Waals surface area contributed by atoms with E-state index in [9.17, 15) is 9.18 Å². The van der Waals surface area contributed by atoms with Crippen molar-refractivity contribution in [1.82, 2.24) is 30.2 Å². The summed E-state index contributed by atoms with van der Waals surface area (Å²) in [5.41, 5.74) is 3.39. The highest BCUT2D eigenvalue weighted by atomic mass is 19.1. The van der Waals surface area contributed by atoms with Crippen molar-refractivity contribution in [3.63, 3.8) is 0 Å². The largest absolute Gasteiger partial charge is 0.361 e. The van der Waals surface area contributed by atoms with Crippen molar-refractivity contribution in [2.24, 2.45) is 5.92 Å². The third-order valence-electron chi connectivity index (χ3n) is 5.79. The molecule has 0 radical (unpaired) electrons. The van der Waals surface area contributed by atoms with Crippen LogP contribution in [0.2, 0.25) is 0 Å². The Labute approximate surface area is 171 Å². The smallest absolute Gasteiger partial charge is 0.223 e. The van der Waals surface area contributed by atoms with Crippen LogP contribution in [0.3, 0.4) is 0 Å². The third-order valence-corrected chi connectivity index (χ3v) is 5.79. The number of nitrogens with zero attached hydrogens (tertiary/aromatic N) is 4. The Morgan fingerprint density at radius 2 is 2.07 bits per heavy atom. The van der Waals surface area contributed by atoms with E-state index in [0.29, 0.717) is 18.6 Å². The lowest BCUT2D eigenvalue weighted by atomic mass is 9.95. The van der Waals surface area contributed by atoms with Crippen LogP contribution in [0.25, 0.3) is 22.1 Å². The molecule has 1 fully saturated rings. The molecule has 0 saturated carbocycles. The lowest BCUT2D eigenvalue weighted by Crippen LogP contribution is -2.41. The number of rotatable bonds is 5. The Balaban J connectivity index is 1.15. The van der Waals surface area contributed by atoms with Crippen LogP contribution in [-0.4, -0.2) is 50.5 Å². The maximum atomic E-state index is 13.5. The molecule has 154 valence electrons. The van der Waals surface area contributed by atoms with Gasteiger partial charge in [0.05, 0.1) is 6.33 Å². The van der Waals surface area contributed by atoms with Gasteiger partial charge in [-0.3, -0.25) is 4.79 Å². The lowest BCUT2D eigenvalue weighted by molar-refractivity contribution is -0.125. The summed E-state index contributed by atoms with van der Waals surface area (Å²) in [6, 6.07) is 4.70. The number of anilines is 1. The zero-order valence-corrected chi connectivity index (χ0v) is 16.4. The van der Waals surface area contributed by atoms with E-state index in [0.717, 1.165) is 53.7 Å². The van der Waals surface area contributed by atoms with Gasteiger partial charge in [-0.25, -0.2) is 19.3 Å². The minimum absolute atomic E-state index is 0.0132. The summed E-state index contributed by atoms with van der Waals surface area (Å²) in [6.07, 6.45) is 7.21. The average molecular weight is 407 g/mol. The second-order valence-corrected chi connectivity index (χ2v) is 7.60. The predicted octanol–water partition coefficient (Wildman–Crippen LogP) is 2.55. The molecule has 1 aliphatic rings. The number of halogens is 1. The van der Waals surface area contributed by atoms with E-state index in [-0.39, 0.29) is 17.6 Å². The summed E-state index contributed by atoms with van der Waals surface area (Å²) >= 11 is 0. The van der Waals surface area contributed by atoms with Gasteiger partial charge in [0.2, 0.25) is 5.91 Å². The number of hydrogen-bond acceptors (Lipinski definition) is 5. The van der Waals surface area contributed by atoms with Crippen LogP contribution in [0.15, 0.2) is 37.1 Å². The van der Waals surface area contributed by atoms with E-state index in [1.54, 1.807) is 12.4 Å². The van der Waals surface area contributed by atoms with Crippen molar-refractivity contribution >= 4 is 33.8 Å². The standard InChI is InChI=1S/C21H22FN7O/c22-15-1-2-17-16(9-15)14(10-24-17)3-6-23-21(30)13-4-7-29(8-5-13)20-18-19(26-11-25-18)27-12-28-20/h1-2,9-13,24H,3-8H2,(H,23,30)(H,25,26,27,28). The van der Waals surface area contributed by atoms with Crippen LogP contribution < -0.4 is 10.2 Å². The van der Waals surface area contributed by atoms with Gasteiger partial charge in [0.15, 0.2) is 11.5 Å². The number of aromatic amines is 2. The van der Waals surface area contributed by atoms with E-state index in [2.05, 4.69) is 35.1 Å². The van der Waals surface area contributed by atoms with Crippen molar-refractivity contribution < 1.29 is 9.18 Å². The van der Waals surface area contributed by atoms with Crippen LogP contribution in [0, 0.1) is 11.7 Å². The number of aromatic nitrogens is 5. The molecule has 0 aliphatic carbocycles. The molecule has 5 rings (SSSR count). The number of H-pyrrole nitrogens is 2. The molecule has 1 aliphatic heterocycles. The molecule has 30 heavy (non-hydrogen) atoms. The molecular weight excluding hydrogens is 385 g/mol. The summed E-state index contributed by atoms with van der Waals surface area (Å²) < 4.78 is 13.5. The van der Waals surface area contributed by atoms with Gasteiger partial charge in [0.1, 0.15) is 17.7 Å². The first-order chi connectivity index (χ1) is 14.7. The Bertz CT molecular complexity index is 1190. The highest BCUT2D eigenvalue weighted by Crippen LogP contribution is 2.26. The second kappa shape index (κ2) is 7.74. The fourth-order valence-electron chi connectivity index (χ4n) is 4.17. The molecule has 0 spiro atoms. The molecule has 0 atom stereocenters. The second-order valence-electron chi connectivity index (χ2n) is 7.60. The first kappa shape index (κ1) is 18.5. The average Bonchev–Trinajstić information content (AvgIpc) is 3.40. The van der Waals surface area contributed by atoms with E-state index >= 15 is 0 Å². The highest BCUT2D eigenvalue weighted by molar-refractivity contribution is 5.84. The molecular formula is C21H22FN7O. The Hall–Kier alpha value is -3.49. The molecule has 3 N–H and O–H groups in total. The number of piperidine rings is 1. The molecule has 3 aromatic heterocycles. The quantitative estimate of drug-likeness (QED) is 0.472. The van der Waals surface area contributed by atoms with Crippen molar-refractivity contribution in [2.75, 3.05) is 24.5 Å². The van der Waals surface area contributed by atoms with Crippen LogP contribution in [0.5, 0.6) is 0 Å². The summed E-state index contributed by atoms with van der Waals surface area (Å²) in [4.78, 5) is 33.8. The molecule has 1 saturated heterocycles. The maximum absolute atomic E-state index is 13.5. The van der Waals surface area contributed by atoms with Crippen molar-refractivity contribution in [3.05, 3.63) is 48.4 Å². The Kier molecular flexibility index (Phi) is 4.78. The minimum Gasteiger partial charge on any atom is -0.361 e. The van der Waals surface area contributed by atoms with Gasteiger partial charge >= 0.3 is 0 Å². The van der Waals surface area contributed by atoms with Crippen LogP contribution in [0.1, 0.15) is 18.4 Å². The summed E-state index contributed by atoms with van der Waals surface area (Å²) in [5, 5.41) is 3.91. The summed E-state index contributed by atoms with van der Waals surface area (Å²) in [5.74, 6) is 0.647. The van der Waals surface area contributed by atoms with Crippen molar-refractivity contribution in [2.45, 2.75) is 19.3 Å². The van der Waals surface area contributed by atoms with Gasteiger partial charge in [0, 0.05) is 42.7 Å². The fraction of sp³-hybridized carbons (Fsp3) is 0.333. The lowest BCUT2D eigenvalue weighted by Gasteiger charge is -2.32. The summed E-state index contributed by atoms with van der Waals surface area (Å²) in [7, 11) is 0. The van der Waals surface area contributed by atoms with Gasteiger partial charge in [-0.1, -0.05) is 0 Å². The third kappa shape index (κ3) is 3.47. The molecule has 1 amide bonds. The number of hydrogen-bond donors (Lipinski definition) is 3. The summed E-state index contributed by atoms with van der Waals surface area (Å²) in [6.45, 7) is 2.04. The number of nitrogens with one attached hydrogen (secondary N) is 3. The van der Waals surface area contributed by atoms with E-state index in [1.165, 1.54) is 18.5 Å². The van der Waals surface area contributed by atoms with Crippen LogP contribution >= 0.6 is 0 Å². The Morgan fingerprint density at radius 3 is 2.93 bits per heavy atom. The van der Waals surface area contributed by atoms with Crippen molar-refractivity contribution in [1.29, 1.82) is 0 Å². The molecule has 9 heteroatoms. The first-order valence-corrected chi connectivity index (χ1v) is 10.1. The number of carbonyl (C=O) groups is 1. The predicted molar refractivity (Wildman–Crippen MR) is 112 cm³/mol. The fourth-order valence-corrected chi connectivity index (χ4v) is 4.17. The van der Waals surface area contributed by atoms with Crippen LogP contribution in [-0.2, 0) is 11.2 Å². The minimum atomic E-state index is -0.254. The molecule has 1 aromatic carbocycles. The zero-order valence-electron chi connectivity index (χ0n) is 16.4. The molecule has 8 nitrogen and oxygen atoms in total. The van der Waals surface area contributed by atoms with Gasteiger partial charge < -0.3 is 20.2 Å². The Morgan fingerprint density at radius 1 is 1.20 bits per heavy atom. The number of benzene rings is 1. The highest BCUT2D eigenvalue weighted by Gasteiger charge is 2.26. The number of amides is 1. The topological polar surface area (TPSA) is 103 Å². The molecule has 4 aromatic rings. The van der Waals surface area contributed by atoms with E-state index in [4.69, 9.17) is 0 Å². The van der Waals surface area contributed by atoms with E-state index in [1.807, 2.05) is 6.20 Å². The zero-order chi connectivity index (χ0) is 20.5. The number of fused-ring (bicyclic) bond motifs is 2. The maximum Gasteiger partial charge on any atom is 0.223 e.